The predicted octanol–water partition coefficient (Wildman–Crippen LogP) is 1.88. The number of nitrogen functional groups attached to an aromatic ring is 1. The van der Waals surface area contributed by atoms with Crippen LogP contribution in [0.2, 0.25) is 0 Å². The highest BCUT2D eigenvalue weighted by Gasteiger charge is 2.20. The molecule has 0 spiro atoms. The number of hydrogen-bond acceptors (Lipinski definition) is 4. The average molecular weight is 240 g/mol. The van der Waals surface area contributed by atoms with Gasteiger partial charge in [-0.15, -0.1) is 0 Å². The van der Waals surface area contributed by atoms with Crippen LogP contribution in [0.3, 0.4) is 0 Å². The molecule has 0 bridgehead atoms. The fourth-order valence-corrected chi connectivity index (χ4v) is 2.45. The minimum Gasteiger partial charge on any atom is -0.398 e. The van der Waals surface area contributed by atoms with Gasteiger partial charge in [0.1, 0.15) is 5.82 Å². The number of aromatic nitrogens is 2. The number of anilines is 1. The lowest BCUT2D eigenvalue weighted by Gasteiger charge is -2.14. The van der Waals surface area contributed by atoms with Gasteiger partial charge < -0.3 is 5.73 Å². The Hall–Kier alpha value is -1.94. The van der Waals surface area contributed by atoms with E-state index in [1.165, 1.54) is 11.1 Å². The topological polar surface area (TPSA) is 55.0 Å². The molecule has 0 unspecified atom stereocenters. The van der Waals surface area contributed by atoms with E-state index < -0.39 is 0 Å². The van der Waals surface area contributed by atoms with Gasteiger partial charge in [-0.2, -0.15) is 0 Å². The van der Waals surface area contributed by atoms with E-state index in [1.54, 1.807) is 0 Å². The molecule has 2 aromatic rings. The van der Waals surface area contributed by atoms with E-state index >= 15 is 0 Å². The largest absolute Gasteiger partial charge is 0.398 e. The van der Waals surface area contributed by atoms with Crippen molar-refractivity contribution in [3.8, 4) is 0 Å². The lowest BCUT2D eigenvalue weighted by molar-refractivity contribution is 0.272. The van der Waals surface area contributed by atoms with Gasteiger partial charge in [-0.05, 0) is 30.2 Å². The van der Waals surface area contributed by atoms with Crippen molar-refractivity contribution in [3.05, 3.63) is 53.1 Å². The third-order valence-electron chi connectivity index (χ3n) is 3.30. The molecule has 2 N–H and O–H groups in total. The zero-order valence-electron chi connectivity index (χ0n) is 10.4. The number of aryl methyl sites for hydroxylation is 1. The van der Waals surface area contributed by atoms with Crippen LogP contribution in [0.5, 0.6) is 0 Å². The van der Waals surface area contributed by atoms with Crippen molar-refractivity contribution in [1.29, 1.82) is 0 Å². The molecule has 18 heavy (non-hydrogen) atoms. The average Bonchev–Trinajstić information content (AvgIpc) is 2.73. The van der Waals surface area contributed by atoms with E-state index in [9.17, 15) is 0 Å². The van der Waals surface area contributed by atoms with Crippen molar-refractivity contribution >= 4 is 5.69 Å². The van der Waals surface area contributed by atoms with E-state index in [0.717, 1.165) is 36.8 Å². The lowest BCUT2D eigenvalue weighted by atomic mass is 10.1. The minimum atomic E-state index is 0.823. The standard InChI is InChI=1S/C14H16N4/c1-10-16-6-5-12(17-10)8-18-7-11-3-2-4-14(15)13(11)9-18/h2-6H,7-9,15H2,1H3. The Bertz CT molecular complexity index is 580. The smallest absolute Gasteiger partial charge is 0.125 e. The molecule has 92 valence electrons. The Morgan fingerprint density at radius 1 is 1.28 bits per heavy atom. The Morgan fingerprint density at radius 3 is 2.94 bits per heavy atom. The van der Waals surface area contributed by atoms with Crippen molar-refractivity contribution in [2.75, 3.05) is 5.73 Å². The Labute approximate surface area is 106 Å². The fraction of sp³-hybridized carbons (Fsp3) is 0.286. The highest BCUT2D eigenvalue weighted by Crippen LogP contribution is 2.28. The van der Waals surface area contributed by atoms with E-state index in [2.05, 4.69) is 20.9 Å². The third-order valence-corrected chi connectivity index (χ3v) is 3.30. The van der Waals surface area contributed by atoms with Crippen molar-refractivity contribution in [2.24, 2.45) is 0 Å². The predicted molar refractivity (Wildman–Crippen MR) is 70.6 cm³/mol. The highest BCUT2D eigenvalue weighted by molar-refractivity contribution is 5.52. The molecule has 0 saturated carbocycles. The van der Waals surface area contributed by atoms with Gasteiger partial charge in [-0.1, -0.05) is 12.1 Å². The SMILES string of the molecule is Cc1nccc(CN2Cc3cccc(N)c3C2)n1. The molecule has 3 rings (SSSR count). The van der Waals surface area contributed by atoms with Gasteiger partial charge in [-0.3, -0.25) is 4.90 Å². The van der Waals surface area contributed by atoms with Crippen LogP contribution >= 0.6 is 0 Å². The summed E-state index contributed by atoms with van der Waals surface area (Å²) in [6.07, 6.45) is 1.81. The van der Waals surface area contributed by atoms with Crippen LogP contribution in [0.1, 0.15) is 22.6 Å². The van der Waals surface area contributed by atoms with Crippen LogP contribution in [0.4, 0.5) is 5.69 Å². The Kier molecular flexibility index (Phi) is 2.72. The second-order valence-corrected chi connectivity index (χ2v) is 4.73. The van der Waals surface area contributed by atoms with E-state index in [0.29, 0.717) is 0 Å². The van der Waals surface area contributed by atoms with Crippen LogP contribution in [0.25, 0.3) is 0 Å². The normalized spacial score (nSPS) is 14.7. The van der Waals surface area contributed by atoms with Gasteiger partial charge in [0, 0.05) is 31.5 Å². The molecule has 1 aromatic carbocycles. The lowest BCUT2D eigenvalue weighted by Crippen LogP contribution is -2.17. The zero-order valence-corrected chi connectivity index (χ0v) is 10.4. The summed E-state index contributed by atoms with van der Waals surface area (Å²) < 4.78 is 0. The first-order valence-corrected chi connectivity index (χ1v) is 6.09. The quantitative estimate of drug-likeness (QED) is 0.814. The summed E-state index contributed by atoms with van der Waals surface area (Å²) in [5.41, 5.74) is 10.6. The molecule has 1 aromatic heterocycles. The van der Waals surface area contributed by atoms with Gasteiger partial charge in [0.25, 0.3) is 0 Å². The molecular weight excluding hydrogens is 224 g/mol. The van der Waals surface area contributed by atoms with Crippen molar-refractivity contribution in [3.63, 3.8) is 0 Å². The second kappa shape index (κ2) is 4.38. The summed E-state index contributed by atoms with van der Waals surface area (Å²) in [5, 5.41) is 0. The molecule has 4 heteroatoms. The van der Waals surface area contributed by atoms with Crippen LogP contribution in [-0.2, 0) is 19.6 Å². The fourth-order valence-electron chi connectivity index (χ4n) is 2.45. The molecule has 0 fully saturated rings. The maximum Gasteiger partial charge on any atom is 0.125 e. The first-order valence-electron chi connectivity index (χ1n) is 6.09. The summed E-state index contributed by atoms with van der Waals surface area (Å²) in [6, 6.07) is 8.11. The number of fused-ring (bicyclic) bond motifs is 1. The third kappa shape index (κ3) is 2.07. The Morgan fingerprint density at radius 2 is 2.17 bits per heavy atom. The molecular formula is C14H16N4. The molecule has 2 heterocycles. The molecule has 0 aliphatic carbocycles. The molecule has 0 radical (unpaired) electrons. The van der Waals surface area contributed by atoms with Gasteiger partial charge in [0.2, 0.25) is 0 Å². The molecule has 1 aliphatic rings. The second-order valence-electron chi connectivity index (χ2n) is 4.73. The minimum absolute atomic E-state index is 0.823. The van der Waals surface area contributed by atoms with E-state index in [4.69, 9.17) is 5.73 Å². The maximum atomic E-state index is 6.00. The molecule has 0 saturated heterocycles. The number of nitrogens with two attached hydrogens (primary N) is 1. The maximum absolute atomic E-state index is 6.00. The van der Waals surface area contributed by atoms with Gasteiger partial charge in [0.05, 0.1) is 5.69 Å². The summed E-state index contributed by atoms with van der Waals surface area (Å²) in [5.74, 6) is 0.823. The van der Waals surface area contributed by atoms with Crippen molar-refractivity contribution < 1.29 is 0 Å². The Balaban J connectivity index is 1.77. The monoisotopic (exact) mass is 240 g/mol. The number of benzene rings is 1. The summed E-state index contributed by atoms with van der Waals surface area (Å²) in [4.78, 5) is 10.9. The summed E-state index contributed by atoms with van der Waals surface area (Å²) in [7, 11) is 0. The number of hydrogen-bond donors (Lipinski definition) is 1. The molecule has 1 aliphatic heterocycles. The van der Waals surface area contributed by atoms with Gasteiger partial charge in [0.15, 0.2) is 0 Å². The molecule has 0 atom stereocenters. The van der Waals surface area contributed by atoms with Crippen molar-refractivity contribution in [1.82, 2.24) is 14.9 Å². The zero-order chi connectivity index (χ0) is 12.5. The number of nitrogens with zero attached hydrogens (tertiary/aromatic N) is 3. The summed E-state index contributed by atoms with van der Waals surface area (Å²) in [6.45, 7) is 4.62. The van der Waals surface area contributed by atoms with Crippen molar-refractivity contribution in [2.45, 2.75) is 26.6 Å². The van der Waals surface area contributed by atoms with E-state index in [-0.39, 0.29) is 0 Å². The first-order chi connectivity index (χ1) is 8.72. The first kappa shape index (κ1) is 11.2. The number of rotatable bonds is 2. The van der Waals surface area contributed by atoms with E-state index in [1.807, 2.05) is 31.3 Å². The van der Waals surface area contributed by atoms with Gasteiger partial charge in [-0.25, -0.2) is 9.97 Å². The van der Waals surface area contributed by atoms with Crippen LogP contribution in [0, 0.1) is 6.92 Å². The molecule has 4 nitrogen and oxygen atoms in total. The molecule has 0 amide bonds. The van der Waals surface area contributed by atoms with Gasteiger partial charge >= 0.3 is 0 Å². The van der Waals surface area contributed by atoms with Crippen LogP contribution in [0.15, 0.2) is 30.5 Å². The van der Waals surface area contributed by atoms with Crippen LogP contribution < -0.4 is 5.73 Å². The summed E-state index contributed by atoms with van der Waals surface area (Å²) >= 11 is 0. The highest BCUT2D eigenvalue weighted by atomic mass is 15.1. The van der Waals surface area contributed by atoms with Crippen LogP contribution in [-0.4, -0.2) is 14.9 Å².